The molecule has 2 nitrogen and oxygen atoms in total. The van der Waals surface area contributed by atoms with E-state index in [0.29, 0.717) is 6.85 Å². The fourth-order valence-corrected chi connectivity index (χ4v) is 4.42. The number of hydrogen-bond acceptors (Lipinski definition) is 1. The van der Waals surface area contributed by atoms with E-state index in [4.69, 9.17) is 0 Å². The van der Waals surface area contributed by atoms with Gasteiger partial charge in [-0.1, -0.05) is 62.4 Å². The largest absolute Gasteiger partial charge is 0.402 e. The Morgan fingerprint density at radius 1 is 1.12 bits per heavy atom. The van der Waals surface area contributed by atoms with Crippen LogP contribution in [0.3, 0.4) is 0 Å². The Hall–Kier alpha value is -2.03. The lowest BCUT2D eigenvalue weighted by atomic mass is 9.60. The van der Waals surface area contributed by atoms with Crippen molar-refractivity contribution in [3.8, 4) is 0 Å². The first-order chi connectivity index (χ1) is 12.2. The first kappa shape index (κ1) is 16.4. The van der Waals surface area contributed by atoms with Crippen LogP contribution in [0.4, 0.5) is 11.5 Å². The quantitative estimate of drug-likeness (QED) is 0.570. The first-order valence-electron chi connectivity index (χ1n) is 9.77. The molecule has 1 aliphatic carbocycles. The molecule has 1 fully saturated rings. The molecule has 2 aromatic rings. The summed E-state index contributed by atoms with van der Waals surface area (Å²) in [6.07, 6.45) is 12.8. The van der Waals surface area contributed by atoms with Crippen molar-refractivity contribution in [2.45, 2.75) is 45.3 Å². The van der Waals surface area contributed by atoms with Crippen LogP contribution in [0.2, 0.25) is 6.82 Å². The van der Waals surface area contributed by atoms with Crippen molar-refractivity contribution >= 4 is 24.4 Å². The van der Waals surface area contributed by atoms with E-state index in [1.807, 2.05) is 0 Å². The minimum atomic E-state index is 0.367. The topological polar surface area (TPSA) is 7.12 Å². The molecule has 0 radical (unpaired) electrons. The molecule has 0 bridgehead atoms. The van der Waals surface area contributed by atoms with Gasteiger partial charge >= 0.3 is 6.85 Å². The monoisotopic (exact) mass is 331 g/mol. The summed E-state index contributed by atoms with van der Waals surface area (Å²) in [6, 6.07) is 13.4. The summed E-state index contributed by atoms with van der Waals surface area (Å²) in [5.41, 5.74) is 4.10. The number of aryl methyl sites for hydroxylation is 1. The fourth-order valence-electron chi connectivity index (χ4n) is 4.42. The Labute approximate surface area is 152 Å². The highest BCUT2D eigenvalue weighted by Gasteiger charge is 2.33. The highest BCUT2D eigenvalue weighted by atomic mass is 15.2. The number of benzene rings is 1. The molecule has 25 heavy (non-hydrogen) atoms. The molecule has 1 aliphatic heterocycles. The van der Waals surface area contributed by atoms with Gasteiger partial charge in [-0.05, 0) is 36.9 Å². The third-order valence-electron chi connectivity index (χ3n) is 5.84. The zero-order chi connectivity index (χ0) is 17.2. The molecule has 1 saturated carbocycles. The second-order valence-corrected chi connectivity index (χ2v) is 7.74. The lowest BCUT2D eigenvalue weighted by Crippen LogP contribution is -2.43. The number of anilines is 2. The Morgan fingerprint density at radius 2 is 1.92 bits per heavy atom. The van der Waals surface area contributed by atoms with E-state index < -0.39 is 0 Å². The van der Waals surface area contributed by atoms with Gasteiger partial charge in [-0.3, -0.25) is 4.81 Å². The van der Waals surface area contributed by atoms with Crippen LogP contribution in [0.15, 0.2) is 48.6 Å². The van der Waals surface area contributed by atoms with E-state index >= 15 is 0 Å². The molecule has 2 heterocycles. The fraction of sp³-hybridized carbons (Fsp3) is 0.409. The number of hydrogen-bond donors (Lipinski definition) is 0. The van der Waals surface area contributed by atoms with E-state index in [9.17, 15) is 0 Å². The lowest BCUT2D eigenvalue weighted by molar-refractivity contribution is -0.658. The second kappa shape index (κ2) is 7.07. The highest BCUT2D eigenvalue weighted by Crippen LogP contribution is 2.33. The zero-order valence-electron chi connectivity index (χ0n) is 15.5. The summed E-state index contributed by atoms with van der Waals surface area (Å²) in [5.74, 6) is 4.47. The van der Waals surface area contributed by atoms with E-state index in [1.165, 1.54) is 61.2 Å². The smallest absolute Gasteiger partial charge is 0.287 e. The molecular weight excluding hydrogens is 303 g/mol. The van der Waals surface area contributed by atoms with Crippen LogP contribution in [0.1, 0.15) is 43.2 Å². The molecule has 3 heteroatoms. The average Bonchev–Trinajstić information content (AvgIpc) is 2.64. The maximum atomic E-state index is 2.47. The molecule has 0 amide bonds. The van der Waals surface area contributed by atoms with Crippen molar-refractivity contribution < 1.29 is 4.57 Å². The molecule has 0 spiro atoms. The maximum Gasteiger partial charge on any atom is 0.402 e. The molecule has 1 aromatic heterocycles. The Bertz CT molecular complexity index is 777. The number of para-hydroxylation sites is 1. The Kier molecular flexibility index (Phi) is 4.65. The van der Waals surface area contributed by atoms with Crippen molar-refractivity contribution in [3.05, 3.63) is 59.7 Å². The predicted octanol–water partition coefficient (Wildman–Crippen LogP) is 4.96. The normalized spacial score (nSPS) is 17.7. The van der Waals surface area contributed by atoms with Gasteiger partial charge < -0.3 is 0 Å². The number of fused-ring (bicyclic) bond motifs is 1. The maximum absolute atomic E-state index is 2.47. The van der Waals surface area contributed by atoms with Crippen molar-refractivity contribution in [3.63, 3.8) is 0 Å². The number of pyridine rings is 1. The van der Waals surface area contributed by atoms with E-state index in [0.717, 1.165) is 5.92 Å². The molecule has 0 unspecified atom stereocenters. The molecule has 0 saturated heterocycles. The lowest BCUT2D eigenvalue weighted by Gasteiger charge is -2.27. The van der Waals surface area contributed by atoms with Crippen LogP contribution in [-0.2, 0) is 13.5 Å². The highest BCUT2D eigenvalue weighted by molar-refractivity contribution is 6.69. The van der Waals surface area contributed by atoms with Crippen molar-refractivity contribution in [2.24, 2.45) is 13.0 Å². The van der Waals surface area contributed by atoms with Gasteiger partial charge in [0.25, 0.3) is 5.82 Å². The van der Waals surface area contributed by atoms with E-state index in [-0.39, 0.29) is 0 Å². The SMILES string of the molecule is CB1C=Cc2ccccc2N1c1cc(CC2CCCCC2)cc[n+]1C. The summed E-state index contributed by atoms with van der Waals surface area (Å²) < 4.78 is 2.26. The third kappa shape index (κ3) is 3.37. The van der Waals surface area contributed by atoms with Gasteiger partial charge in [0, 0.05) is 11.6 Å². The van der Waals surface area contributed by atoms with Gasteiger partial charge in [-0.2, -0.15) is 0 Å². The second-order valence-electron chi connectivity index (χ2n) is 7.74. The van der Waals surface area contributed by atoms with Gasteiger partial charge in [-0.15, -0.1) is 0 Å². The van der Waals surface area contributed by atoms with Gasteiger partial charge in [0.1, 0.15) is 5.69 Å². The zero-order valence-corrected chi connectivity index (χ0v) is 15.5. The molecular formula is C22H28BN2+. The van der Waals surface area contributed by atoms with Crippen molar-refractivity contribution in [1.29, 1.82) is 0 Å². The summed E-state index contributed by atoms with van der Waals surface area (Å²) in [4.78, 5) is 2.47. The Balaban J connectivity index is 1.67. The van der Waals surface area contributed by atoms with Gasteiger partial charge in [-0.25, -0.2) is 4.57 Å². The number of nitrogens with zero attached hydrogens (tertiary/aromatic N) is 2. The van der Waals surface area contributed by atoms with Crippen LogP contribution in [-0.4, -0.2) is 6.85 Å². The van der Waals surface area contributed by atoms with Gasteiger partial charge in [0.2, 0.25) is 0 Å². The minimum Gasteiger partial charge on any atom is -0.287 e. The number of rotatable bonds is 3. The molecule has 1 aromatic carbocycles. The summed E-state index contributed by atoms with van der Waals surface area (Å²) in [6.45, 7) is 2.64. The van der Waals surface area contributed by atoms with Crippen LogP contribution in [0.5, 0.6) is 0 Å². The molecule has 4 rings (SSSR count). The Morgan fingerprint density at radius 3 is 2.76 bits per heavy atom. The standard InChI is InChI=1S/C22H28BN2/c1-23-14-12-20-10-6-7-11-21(20)25(23)22-17-19(13-15-24(22)2)16-18-8-4-3-5-9-18/h6-7,10-15,17-18H,3-5,8-9,16H2,1-2H3/q+1. The molecule has 2 aliphatic rings. The van der Waals surface area contributed by atoms with Crippen molar-refractivity contribution in [2.75, 3.05) is 4.81 Å². The predicted molar refractivity (Wildman–Crippen MR) is 107 cm³/mol. The molecule has 0 N–H and O–H groups in total. The van der Waals surface area contributed by atoms with Gasteiger partial charge in [0.05, 0.1) is 13.2 Å². The van der Waals surface area contributed by atoms with Gasteiger partial charge in [0.15, 0.2) is 0 Å². The average molecular weight is 331 g/mol. The molecule has 0 atom stereocenters. The van der Waals surface area contributed by atoms with E-state index in [2.05, 4.69) is 77.9 Å². The van der Waals surface area contributed by atoms with E-state index in [1.54, 1.807) is 0 Å². The van der Waals surface area contributed by atoms with Crippen LogP contribution in [0.25, 0.3) is 6.08 Å². The number of aromatic nitrogens is 1. The minimum absolute atomic E-state index is 0.367. The van der Waals surface area contributed by atoms with Crippen LogP contribution < -0.4 is 9.38 Å². The third-order valence-corrected chi connectivity index (χ3v) is 5.84. The first-order valence-corrected chi connectivity index (χ1v) is 9.77. The summed E-state index contributed by atoms with van der Waals surface area (Å²) in [7, 11) is 2.16. The van der Waals surface area contributed by atoms with Crippen LogP contribution >= 0.6 is 0 Å². The summed E-state index contributed by atoms with van der Waals surface area (Å²) >= 11 is 0. The van der Waals surface area contributed by atoms with Crippen molar-refractivity contribution in [1.82, 2.24) is 0 Å². The molecule has 128 valence electrons. The van der Waals surface area contributed by atoms with Crippen LogP contribution in [0, 0.1) is 5.92 Å². The summed E-state index contributed by atoms with van der Waals surface area (Å²) in [5, 5.41) is 0.